The van der Waals surface area contributed by atoms with Crippen LogP contribution in [-0.2, 0) is 19.1 Å². The molecule has 0 bridgehead atoms. The number of carbonyl (C=O) groups is 2. The minimum Gasteiger partial charge on any atom is -0.480 e. The summed E-state index contributed by atoms with van der Waals surface area (Å²) in [7, 11) is 1.52. The van der Waals surface area contributed by atoms with Crippen LogP contribution in [0.1, 0.15) is 32.6 Å². The lowest BCUT2D eigenvalue weighted by atomic mass is 10.1. The van der Waals surface area contributed by atoms with Crippen molar-refractivity contribution in [3.05, 3.63) is 0 Å². The van der Waals surface area contributed by atoms with Crippen LogP contribution < -0.4 is 0 Å². The van der Waals surface area contributed by atoms with E-state index in [4.69, 9.17) is 14.6 Å². The molecule has 1 N–H and O–H groups in total. The Morgan fingerprint density at radius 2 is 2.16 bits per heavy atom. The van der Waals surface area contributed by atoms with Crippen LogP contribution in [0.15, 0.2) is 0 Å². The standard InChI is InChI=1S/C13H23NO5/c1-10-3-4-11(19-10)5-6-12(15)14(7-8-18-2)9-13(16)17/h10-11H,3-9H2,1-2H3,(H,16,17)/t10-,11+/m0/s1. The molecule has 1 aliphatic rings. The summed E-state index contributed by atoms with van der Waals surface area (Å²) in [4.78, 5) is 24.0. The van der Waals surface area contributed by atoms with Crippen molar-refractivity contribution < 1.29 is 24.2 Å². The number of rotatable bonds is 8. The molecule has 1 amide bonds. The predicted molar refractivity (Wildman–Crippen MR) is 68.9 cm³/mol. The van der Waals surface area contributed by atoms with Crippen LogP contribution in [0.2, 0.25) is 0 Å². The number of methoxy groups -OCH3 is 1. The van der Waals surface area contributed by atoms with Gasteiger partial charge in [0.2, 0.25) is 5.91 Å². The normalized spacial score (nSPS) is 22.4. The van der Waals surface area contributed by atoms with Crippen LogP contribution in [0.5, 0.6) is 0 Å². The first-order chi connectivity index (χ1) is 9.02. The number of carboxylic acids is 1. The van der Waals surface area contributed by atoms with Gasteiger partial charge in [0.05, 0.1) is 18.8 Å². The largest absolute Gasteiger partial charge is 0.480 e. The summed E-state index contributed by atoms with van der Waals surface area (Å²) < 4.78 is 10.5. The number of ether oxygens (including phenoxy) is 2. The number of hydrogen-bond donors (Lipinski definition) is 1. The third-order valence-electron chi connectivity index (χ3n) is 3.24. The molecule has 1 saturated heterocycles. The molecule has 0 aromatic heterocycles. The lowest BCUT2D eigenvalue weighted by Gasteiger charge is -2.21. The number of amides is 1. The van der Waals surface area contributed by atoms with Crippen molar-refractivity contribution in [2.75, 3.05) is 26.8 Å². The molecule has 0 spiro atoms. The van der Waals surface area contributed by atoms with Gasteiger partial charge in [-0.3, -0.25) is 9.59 Å². The van der Waals surface area contributed by atoms with Crippen molar-refractivity contribution in [1.29, 1.82) is 0 Å². The van der Waals surface area contributed by atoms with Gasteiger partial charge in [-0.15, -0.1) is 0 Å². The summed E-state index contributed by atoms with van der Waals surface area (Å²) in [5.41, 5.74) is 0. The minimum absolute atomic E-state index is 0.132. The topological polar surface area (TPSA) is 76.1 Å². The van der Waals surface area contributed by atoms with E-state index in [-0.39, 0.29) is 24.7 Å². The van der Waals surface area contributed by atoms with Crippen molar-refractivity contribution in [2.45, 2.75) is 44.8 Å². The van der Waals surface area contributed by atoms with Crippen LogP contribution in [0.4, 0.5) is 0 Å². The minimum atomic E-state index is -1.00. The first-order valence-electron chi connectivity index (χ1n) is 6.67. The second kappa shape index (κ2) is 8.12. The fourth-order valence-corrected chi connectivity index (χ4v) is 2.20. The van der Waals surface area contributed by atoms with Gasteiger partial charge in [0.15, 0.2) is 0 Å². The quantitative estimate of drug-likeness (QED) is 0.711. The highest BCUT2D eigenvalue weighted by Crippen LogP contribution is 2.22. The van der Waals surface area contributed by atoms with Crippen molar-refractivity contribution in [3.63, 3.8) is 0 Å². The molecule has 19 heavy (non-hydrogen) atoms. The van der Waals surface area contributed by atoms with Gasteiger partial charge in [-0.1, -0.05) is 0 Å². The molecule has 6 heteroatoms. The van der Waals surface area contributed by atoms with E-state index in [1.807, 2.05) is 6.92 Å². The molecule has 0 radical (unpaired) electrons. The second-order valence-electron chi connectivity index (χ2n) is 4.89. The van der Waals surface area contributed by atoms with Crippen molar-refractivity contribution >= 4 is 11.9 Å². The third kappa shape index (κ3) is 6.02. The molecule has 1 aliphatic heterocycles. The van der Waals surface area contributed by atoms with Crippen LogP contribution >= 0.6 is 0 Å². The molecular formula is C13H23NO5. The van der Waals surface area contributed by atoms with Gasteiger partial charge >= 0.3 is 5.97 Å². The maximum absolute atomic E-state index is 12.0. The summed E-state index contributed by atoms with van der Waals surface area (Å²) in [6.07, 6.45) is 3.39. The Morgan fingerprint density at radius 3 is 2.68 bits per heavy atom. The maximum Gasteiger partial charge on any atom is 0.323 e. The summed E-state index contributed by atoms with van der Waals surface area (Å²) in [6, 6.07) is 0. The van der Waals surface area contributed by atoms with Crippen LogP contribution in [0.25, 0.3) is 0 Å². The Hall–Kier alpha value is -1.14. The van der Waals surface area contributed by atoms with Crippen LogP contribution in [0.3, 0.4) is 0 Å². The van der Waals surface area contributed by atoms with E-state index >= 15 is 0 Å². The summed E-state index contributed by atoms with van der Waals surface area (Å²) in [5.74, 6) is -1.15. The van der Waals surface area contributed by atoms with E-state index in [1.165, 1.54) is 12.0 Å². The molecule has 2 atom stereocenters. The highest BCUT2D eigenvalue weighted by Gasteiger charge is 2.24. The predicted octanol–water partition coefficient (Wildman–Crippen LogP) is 0.894. The van der Waals surface area contributed by atoms with Gasteiger partial charge in [0, 0.05) is 20.1 Å². The van der Waals surface area contributed by atoms with Crippen LogP contribution in [0, 0.1) is 0 Å². The lowest BCUT2D eigenvalue weighted by Crippen LogP contribution is -2.38. The van der Waals surface area contributed by atoms with Gasteiger partial charge in [0.1, 0.15) is 6.54 Å². The number of nitrogens with zero attached hydrogens (tertiary/aromatic N) is 1. The zero-order valence-electron chi connectivity index (χ0n) is 11.6. The van der Waals surface area contributed by atoms with E-state index in [2.05, 4.69) is 0 Å². The van der Waals surface area contributed by atoms with Crippen molar-refractivity contribution in [1.82, 2.24) is 4.90 Å². The number of carboxylic acid groups (broad SMARTS) is 1. The summed E-state index contributed by atoms with van der Waals surface area (Å²) >= 11 is 0. The molecule has 0 saturated carbocycles. The van der Waals surface area contributed by atoms with Gasteiger partial charge in [0.25, 0.3) is 0 Å². The highest BCUT2D eigenvalue weighted by molar-refractivity contribution is 5.81. The van der Waals surface area contributed by atoms with Gasteiger partial charge in [-0.25, -0.2) is 0 Å². The fourth-order valence-electron chi connectivity index (χ4n) is 2.20. The smallest absolute Gasteiger partial charge is 0.323 e. The summed E-state index contributed by atoms with van der Waals surface area (Å²) in [6.45, 7) is 2.40. The molecule has 110 valence electrons. The fraction of sp³-hybridized carbons (Fsp3) is 0.846. The maximum atomic E-state index is 12.0. The zero-order valence-corrected chi connectivity index (χ0v) is 11.6. The Kier molecular flexibility index (Phi) is 6.80. The first-order valence-corrected chi connectivity index (χ1v) is 6.67. The van der Waals surface area contributed by atoms with Crippen LogP contribution in [-0.4, -0.2) is 60.9 Å². The molecule has 6 nitrogen and oxygen atoms in total. The number of hydrogen-bond acceptors (Lipinski definition) is 4. The zero-order chi connectivity index (χ0) is 14.3. The van der Waals surface area contributed by atoms with E-state index in [1.54, 1.807) is 0 Å². The van der Waals surface area contributed by atoms with Gasteiger partial charge < -0.3 is 19.5 Å². The van der Waals surface area contributed by atoms with E-state index in [0.717, 1.165) is 12.8 Å². The number of aliphatic carboxylic acids is 1. The molecule has 0 aliphatic carbocycles. The molecular weight excluding hydrogens is 250 g/mol. The third-order valence-corrected chi connectivity index (χ3v) is 3.24. The second-order valence-corrected chi connectivity index (χ2v) is 4.89. The Bertz CT molecular complexity index is 307. The molecule has 0 unspecified atom stereocenters. The Morgan fingerprint density at radius 1 is 1.42 bits per heavy atom. The molecule has 0 aromatic carbocycles. The number of carbonyl (C=O) groups excluding carboxylic acids is 1. The first kappa shape index (κ1) is 15.9. The average molecular weight is 273 g/mol. The molecule has 1 rings (SSSR count). The van der Waals surface area contributed by atoms with Crippen molar-refractivity contribution in [3.8, 4) is 0 Å². The SMILES string of the molecule is COCCN(CC(=O)O)C(=O)CC[C@H]1CC[C@H](C)O1. The molecule has 1 fully saturated rings. The van der Waals surface area contributed by atoms with Gasteiger partial charge in [-0.05, 0) is 26.2 Å². The monoisotopic (exact) mass is 273 g/mol. The van der Waals surface area contributed by atoms with E-state index < -0.39 is 5.97 Å². The highest BCUT2D eigenvalue weighted by atomic mass is 16.5. The molecule has 0 aromatic rings. The van der Waals surface area contributed by atoms with Gasteiger partial charge in [-0.2, -0.15) is 0 Å². The molecule has 1 heterocycles. The lowest BCUT2D eigenvalue weighted by molar-refractivity contribution is -0.145. The Balaban J connectivity index is 2.35. The summed E-state index contributed by atoms with van der Waals surface area (Å²) in [5, 5.41) is 8.79. The van der Waals surface area contributed by atoms with Crippen molar-refractivity contribution in [2.24, 2.45) is 0 Å². The average Bonchev–Trinajstić information content (AvgIpc) is 2.77. The Labute approximate surface area is 113 Å². The van der Waals surface area contributed by atoms with E-state index in [9.17, 15) is 9.59 Å². The van der Waals surface area contributed by atoms with E-state index in [0.29, 0.717) is 26.0 Å².